The van der Waals surface area contributed by atoms with Crippen molar-refractivity contribution in [3.63, 3.8) is 0 Å². The molecule has 0 aliphatic heterocycles. The van der Waals surface area contributed by atoms with Gasteiger partial charge in [0.25, 0.3) is 0 Å². The van der Waals surface area contributed by atoms with E-state index in [-0.39, 0.29) is 0 Å². The Bertz CT molecular complexity index is 642. The predicted molar refractivity (Wildman–Crippen MR) is 84.4 cm³/mol. The minimum absolute atomic E-state index is 0.944. The van der Waals surface area contributed by atoms with Crippen LogP contribution in [-0.2, 0) is 6.42 Å². The molecule has 0 radical (unpaired) electrons. The molecule has 20 heavy (non-hydrogen) atoms. The Morgan fingerprint density at radius 2 is 1.60 bits per heavy atom. The second kappa shape index (κ2) is 6.11. The topological polar surface area (TPSA) is 17.0 Å². The van der Waals surface area contributed by atoms with Crippen molar-refractivity contribution < 1.29 is 0 Å². The van der Waals surface area contributed by atoms with E-state index in [9.17, 15) is 0 Å². The van der Waals surface area contributed by atoms with Crippen molar-refractivity contribution in [2.24, 2.45) is 0 Å². The van der Waals surface area contributed by atoms with Gasteiger partial charge in [-0.05, 0) is 42.3 Å². The van der Waals surface area contributed by atoms with E-state index in [1.54, 1.807) is 0 Å². The molecule has 3 rings (SSSR count). The molecule has 1 heterocycles. The van der Waals surface area contributed by atoms with Crippen LogP contribution in [0.15, 0.2) is 79.1 Å². The number of aromatic nitrogens is 1. The average Bonchev–Trinajstić information content (AvgIpc) is 3.03. The van der Waals surface area contributed by atoms with Crippen LogP contribution in [0.3, 0.4) is 0 Å². The summed E-state index contributed by atoms with van der Waals surface area (Å²) in [5.41, 5.74) is 3.70. The lowest BCUT2D eigenvalue weighted by atomic mass is 10.1. The van der Waals surface area contributed by atoms with E-state index in [1.807, 2.05) is 12.1 Å². The van der Waals surface area contributed by atoms with Crippen LogP contribution in [0.2, 0.25) is 0 Å². The minimum atomic E-state index is 0.944. The highest BCUT2D eigenvalue weighted by molar-refractivity contribution is 5.51. The summed E-state index contributed by atoms with van der Waals surface area (Å²) in [6.45, 7) is 0.944. The van der Waals surface area contributed by atoms with Gasteiger partial charge in [0.1, 0.15) is 0 Å². The summed E-state index contributed by atoms with van der Waals surface area (Å²) < 4.78 is 2.11. The lowest BCUT2D eigenvalue weighted by molar-refractivity contribution is 1.02. The summed E-state index contributed by atoms with van der Waals surface area (Å²) in [5.74, 6) is 0. The Balaban J connectivity index is 1.62. The van der Waals surface area contributed by atoms with Crippen LogP contribution in [0.5, 0.6) is 0 Å². The summed E-state index contributed by atoms with van der Waals surface area (Å²) in [4.78, 5) is 0. The number of benzene rings is 2. The zero-order valence-corrected chi connectivity index (χ0v) is 11.4. The van der Waals surface area contributed by atoms with E-state index in [0.29, 0.717) is 0 Å². The summed E-state index contributed by atoms with van der Waals surface area (Å²) in [5, 5.41) is 3.48. The van der Waals surface area contributed by atoms with Crippen molar-refractivity contribution >= 4 is 5.69 Å². The molecule has 0 aliphatic carbocycles. The van der Waals surface area contributed by atoms with Crippen LogP contribution in [0.1, 0.15) is 5.56 Å². The Morgan fingerprint density at radius 1 is 0.800 bits per heavy atom. The van der Waals surface area contributed by atoms with E-state index in [4.69, 9.17) is 0 Å². The number of anilines is 1. The summed E-state index contributed by atoms with van der Waals surface area (Å²) in [6.07, 6.45) is 5.15. The van der Waals surface area contributed by atoms with Gasteiger partial charge in [-0.1, -0.05) is 36.4 Å². The Kier molecular flexibility index (Phi) is 3.83. The van der Waals surface area contributed by atoms with Crippen molar-refractivity contribution in [1.82, 2.24) is 4.57 Å². The molecule has 0 fully saturated rings. The van der Waals surface area contributed by atoms with Crippen LogP contribution in [0, 0.1) is 0 Å². The fraction of sp³-hybridized carbons (Fsp3) is 0.111. The summed E-state index contributed by atoms with van der Waals surface area (Å²) in [7, 11) is 0. The monoisotopic (exact) mass is 262 g/mol. The van der Waals surface area contributed by atoms with E-state index in [2.05, 4.69) is 76.9 Å². The molecule has 0 saturated heterocycles. The molecule has 0 unspecified atom stereocenters. The largest absolute Gasteiger partial charge is 0.385 e. The van der Waals surface area contributed by atoms with E-state index in [1.165, 1.54) is 11.3 Å². The van der Waals surface area contributed by atoms with Gasteiger partial charge in [-0.3, -0.25) is 0 Å². The van der Waals surface area contributed by atoms with Crippen LogP contribution < -0.4 is 5.32 Å². The normalized spacial score (nSPS) is 10.4. The van der Waals surface area contributed by atoms with E-state index < -0.39 is 0 Å². The molecule has 0 bridgehead atoms. The average molecular weight is 262 g/mol. The molecule has 0 atom stereocenters. The molecule has 100 valence electrons. The molecular weight excluding hydrogens is 244 g/mol. The second-order valence-corrected chi connectivity index (χ2v) is 4.80. The Morgan fingerprint density at radius 3 is 2.40 bits per heavy atom. The van der Waals surface area contributed by atoms with Crippen LogP contribution in [0.25, 0.3) is 5.69 Å². The van der Waals surface area contributed by atoms with Crippen LogP contribution in [-0.4, -0.2) is 11.1 Å². The third kappa shape index (κ3) is 3.09. The molecule has 2 nitrogen and oxygen atoms in total. The molecule has 0 saturated carbocycles. The maximum absolute atomic E-state index is 3.48. The molecule has 2 aromatic carbocycles. The lowest BCUT2D eigenvalue weighted by Crippen LogP contribution is -2.05. The summed E-state index contributed by atoms with van der Waals surface area (Å²) in [6, 6.07) is 23.1. The first-order valence-corrected chi connectivity index (χ1v) is 6.93. The SMILES string of the molecule is c1ccc(CCNc2cccc(-n3cccc3)c2)cc1. The maximum atomic E-state index is 3.48. The van der Waals surface area contributed by atoms with E-state index >= 15 is 0 Å². The molecule has 3 aromatic rings. The maximum Gasteiger partial charge on any atom is 0.0469 e. The molecule has 1 N–H and O–H groups in total. The molecular formula is C18H18N2. The van der Waals surface area contributed by atoms with Gasteiger partial charge in [0.05, 0.1) is 0 Å². The van der Waals surface area contributed by atoms with Gasteiger partial charge in [0.15, 0.2) is 0 Å². The molecule has 1 aromatic heterocycles. The van der Waals surface area contributed by atoms with Gasteiger partial charge in [0, 0.05) is 30.3 Å². The van der Waals surface area contributed by atoms with Gasteiger partial charge in [-0.2, -0.15) is 0 Å². The minimum Gasteiger partial charge on any atom is -0.385 e. The highest BCUT2D eigenvalue weighted by Crippen LogP contribution is 2.15. The van der Waals surface area contributed by atoms with E-state index in [0.717, 1.165) is 18.7 Å². The zero-order chi connectivity index (χ0) is 13.6. The smallest absolute Gasteiger partial charge is 0.0469 e. The van der Waals surface area contributed by atoms with Crippen molar-refractivity contribution in [3.8, 4) is 5.69 Å². The number of hydrogen-bond donors (Lipinski definition) is 1. The van der Waals surface area contributed by atoms with Gasteiger partial charge >= 0.3 is 0 Å². The first kappa shape index (κ1) is 12.5. The first-order chi connectivity index (χ1) is 9.92. The van der Waals surface area contributed by atoms with Gasteiger partial charge in [0.2, 0.25) is 0 Å². The fourth-order valence-electron chi connectivity index (χ4n) is 2.28. The quantitative estimate of drug-likeness (QED) is 0.731. The Hall–Kier alpha value is -2.48. The second-order valence-electron chi connectivity index (χ2n) is 4.80. The third-order valence-corrected chi connectivity index (χ3v) is 3.33. The highest BCUT2D eigenvalue weighted by Gasteiger charge is 1.97. The number of hydrogen-bond acceptors (Lipinski definition) is 1. The van der Waals surface area contributed by atoms with Crippen LogP contribution in [0.4, 0.5) is 5.69 Å². The molecule has 0 spiro atoms. The number of nitrogens with one attached hydrogen (secondary N) is 1. The van der Waals surface area contributed by atoms with Gasteiger partial charge in [-0.15, -0.1) is 0 Å². The molecule has 0 amide bonds. The van der Waals surface area contributed by atoms with Crippen molar-refractivity contribution in [2.75, 3.05) is 11.9 Å². The van der Waals surface area contributed by atoms with Gasteiger partial charge < -0.3 is 9.88 Å². The van der Waals surface area contributed by atoms with Crippen molar-refractivity contribution in [3.05, 3.63) is 84.7 Å². The summed E-state index contributed by atoms with van der Waals surface area (Å²) >= 11 is 0. The van der Waals surface area contributed by atoms with Crippen LogP contribution >= 0.6 is 0 Å². The molecule has 0 aliphatic rings. The molecule has 2 heteroatoms. The van der Waals surface area contributed by atoms with Crippen molar-refractivity contribution in [2.45, 2.75) is 6.42 Å². The standard InChI is InChI=1S/C18H18N2/c1-2-7-16(8-3-1)11-12-19-17-9-6-10-18(15-17)20-13-4-5-14-20/h1-10,13-15,19H,11-12H2. The lowest BCUT2D eigenvalue weighted by Gasteiger charge is -2.09. The first-order valence-electron chi connectivity index (χ1n) is 6.93. The third-order valence-electron chi connectivity index (χ3n) is 3.33. The predicted octanol–water partition coefficient (Wildman–Crippen LogP) is 4.13. The Labute approximate surface area is 119 Å². The van der Waals surface area contributed by atoms with Crippen molar-refractivity contribution in [1.29, 1.82) is 0 Å². The fourth-order valence-corrected chi connectivity index (χ4v) is 2.28. The zero-order valence-electron chi connectivity index (χ0n) is 11.4. The highest BCUT2D eigenvalue weighted by atomic mass is 14.9. The van der Waals surface area contributed by atoms with Gasteiger partial charge in [-0.25, -0.2) is 0 Å². The number of rotatable bonds is 5. The number of nitrogens with zero attached hydrogens (tertiary/aromatic N) is 1.